The topological polar surface area (TPSA) is 58.2 Å². The van der Waals surface area contributed by atoms with Crippen LogP contribution in [0, 0.1) is 0 Å². The molecule has 0 aliphatic rings. The molecular formula is C14H20N2O2. The van der Waals surface area contributed by atoms with Crippen molar-refractivity contribution in [3.05, 3.63) is 24.3 Å². The van der Waals surface area contributed by atoms with Gasteiger partial charge in [0.05, 0.1) is 0 Å². The first-order chi connectivity index (χ1) is 8.61. The van der Waals surface area contributed by atoms with Crippen LogP contribution in [0.15, 0.2) is 24.3 Å². The smallest absolute Gasteiger partial charge is 0.224 e. The second-order valence-corrected chi connectivity index (χ2v) is 4.27. The number of unbranched alkanes of at least 4 members (excludes halogenated alkanes) is 2. The van der Waals surface area contributed by atoms with E-state index in [9.17, 15) is 9.59 Å². The van der Waals surface area contributed by atoms with E-state index in [2.05, 4.69) is 17.6 Å². The average Bonchev–Trinajstić information content (AvgIpc) is 2.28. The minimum Gasteiger partial charge on any atom is -0.326 e. The van der Waals surface area contributed by atoms with Crippen LogP contribution in [-0.4, -0.2) is 11.8 Å². The highest BCUT2D eigenvalue weighted by molar-refractivity contribution is 5.93. The van der Waals surface area contributed by atoms with Gasteiger partial charge < -0.3 is 10.6 Å². The molecule has 1 aromatic rings. The molecule has 2 N–H and O–H groups in total. The Morgan fingerprint density at radius 2 is 1.78 bits per heavy atom. The van der Waals surface area contributed by atoms with Crippen molar-refractivity contribution in [3.8, 4) is 0 Å². The first-order valence-corrected chi connectivity index (χ1v) is 6.29. The largest absolute Gasteiger partial charge is 0.326 e. The average molecular weight is 248 g/mol. The molecule has 0 radical (unpaired) electrons. The molecule has 0 saturated carbocycles. The molecule has 0 aliphatic carbocycles. The van der Waals surface area contributed by atoms with E-state index in [0.29, 0.717) is 17.8 Å². The molecule has 4 nitrogen and oxygen atoms in total. The molecule has 0 spiro atoms. The fourth-order valence-electron chi connectivity index (χ4n) is 1.64. The molecule has 4 heteroatoms. The lowest BCUT2D eigenvalue weighted by Gasteiger charge is -2.07. The summed E-state index contributed by atoms with van der Waals surface area (Å²) in [7, 11) is 0. The van der Waals surface area contributed by atoms with E-state index in [4.69, 9.17) is 0 Å². The number of amides is 2. The number of hydrogen-bond donors (Lipinski definition) is 2. The standard InChI is InChI=1S/C14H20N2O2/c1-3-4-5-9-14(18)16-13-8-6-7-12(10-13)15-11(2)17/h6-8,10H,3-5,9H2,1-2H3,(H,15,17)(H,16,18). The fourth-order valence-corrected chi connectivity index (χ4v) is 1.64. The lowest BCUT2D eigenvalue weighted by molar-refractivity contribution is -0.116. The van der Waals surface area contributed by atoms with E-state index in [0.717, 1.165) is 19.3 Å². The summed E-state index contributed by atoms with van der Waals surface area (Å²) < 4.78 is 0. The number of benzene rings is 1. The molecular weight excluding hydrogens is 228 g/mol. The van der Waals surface area contributed by atoms with Crippen molar-refractivity contribution in [2.24, 2.45) is 0 Å². The number of rotatable bonds is 6. The van der Waals surface area contributed by atoms with Gasteiger partial charge in [-0.05, 0) is 24.6 Å². The van der Waals surface area contributed by atoms with Gasteiger partial charge in [-0.15, -0.1) is 0 Å². The second-order valence-electron chi connectivity index (χ2n) is 4.27. The monoisotopic (exact) mass is 248 g/mol. The van der Waals surface area contributed by atoms with E-state index in [1.54, 1.807) is 18.2 Å². The molecule has 0 bridgehead atoms. The Morgan fingerprint density at radius 1 is 1.11 bits per heavy atom. The van der Waals surface area contributed by atoms with E-state index >= 15 is 0 Å². The van der Waals surface area contributed by atoms with E-state index in [1.165, 1.54) is 6.92 Å². The number of hydrogen-bond acceptors (Lipinski definition) is 2. The first-order valence-electron chi connectivity index (χ1n) is 6.29. The maximum absolute atomic E-state index is 11.6. The Bertz CT molecular complexity index is 416. The molecule has 0 aromatic heterocycles. The quantitative estimate of drug-likeness (QED) is 0.760. The summed E-state index contributed by atoms with van der Waals surface area (Å²) in [5.74, 6) is -0.107. The van der Waals surface area contributed by atoms with Crippen LogP contribution in [0.25, 0.3) is 0 Å². The van der Waals surface area contributed by atoms with Crippen molar-refractivity contribution in [1.82, 2.24) is 0 Å². The first kappa shape index (κ1) is 14.2. The Kier molecular flexibility index (Phi) is 5.91. The zero-order valence-corrected chi connectivity index (χ0v) is 11.0. The summed E-state index contributed by atoms with van der Waals surface area (Å²) in [6, 6.07) is 7.14. The van der Waals surface area contributed by atoms with E-state index in [1.807, 2.05) is 6.07 Å². The summed E-state index contributed by atoms with van der Waals surface area (Å²) in [4.78, 5) is 22.5. The molecule has 0 fully saturated rings. The molecule has 0 aliphatic heterocycles. The normalized spacial score (nSPS) is 9.89. The van der Waals surface area contributed by atoms with Gasteiger partial charge in [0.25, 0.3) is 0 Å². The van der Waals surface area contributed by atoms with Crippen LogP contribution in [0.3, 0.4) is 0 Å². The Morgan fingerprint density at radius 3 is 2.39 bits per heavy atom. The molecule has 0 heterocycles. The minimum atomic E-state index is -0.124. The Balaban J connectivity index is 2.51. The molecule has 1 aromatic carbocycles. The maximum atomic E-state index is 11.6. The highest BCUT2D eigenvalue weighted by atomic mass is 16.2. The van der Waals surface area contributed by atoms with Gasteiger partial charge in [-0.2, -0.15) is 0 Å². The van der Waals surface area contributed by atoms with Crippen molar-refractivity contribution in [3.63, 3.8) is 0 Å². The van der Waals surface area contributed by atoms with Gasteiger partial charge in [-0.1, -0.05) is 25.8 Å². The van der Waals surface area contributed by atoms with Crippen LogP contribution in [0.1, 0.15) is 39.5 Å². The van der Waals surface area contributed by atoms with Gasteiger partial charge in [-0.3, -0.25) is 9.59 Å². The second kappa shape index (κ2) is 7.48. The summed E-state index contributed by atoms with van der Waals surface area (Å²) in [5, 5.41) is 5.50. The summed E-state index contributed by atoms with van der Waals surface area (Å²) in [6.45, 7) is 3.56. The predicted octanol–water partition coefficient (Wildman–Crippen LogP) is 3.16. The number of carbonyl (C=O) groups excluding carboxylic acids is 2. The van der Waals surface area contributed by atoms with Crippen molar-refractivity contribution in [2.75, 3.05) is 10.6 Å². The van der Waals surface area contributed by atoms with Gasteiger partial charge in [0.15, 0.2) is 0 Å². The van der Waals surface area contributed by atoms with Crippen molar-refractivity contribution >= 4 is 23.2 Å². The molecule has 18 heavy (non-hydrogen) atoms. The van der Waals surface area contributed by atoms with Crippen LogP contribution in [-0.2, 0) is 9.59 Å². The fraction of sp³-hybridized carbons (Fsp3) is 0.429. The molecule has 2 amide bonds. The number of nitrogens with one attached hydrogen (secondary N) is 2. The van der Waals surface area contributed by atoms with Gasteiger partial charge in [0.1, 0.15) is 0 Å². The van der Waals surface area contributed by atoms with Crippen LogP contribution in [0.5, 0.6) is 0 Å². The van der Waals surface area contributed by atoms with Gasteiger partial charge >= 0.3 is 0 Å². The SMILES string of the molecule is CCCCCC(=O)Nc1cccc(NC(C)=O)c1. The van der Waals surface area contributed by atoms with Crippen molar-refractivity contribution in [2.45, 2.75) is 39.5 Å². The van der Waals surface area contributed by atoms with E-state index in [-0.39, 0.29) is 11.8 Å². The van der Waals surface area contributed by atoms with Crippen LogP contribution >= 0.6 is 0 Å². The van der Waals surface area contributed by atoms with Gasteiger partial charge in [0.2, 0.25) is 11.8 Å². The highest BCUT2D eigenvalue weighted by Crippen LogP contribution is 2.15. The maximum Gasteiger partial charge on any atom is 0.224 e. The zero-order valence-electron chi connectivity index (χ0n) is 11.0. The van der Waals surface area contributed by atoms with Crippen LogP contribution in [0.2, 0.25) is 0 Å². The molecule has 1 rings (SSSR count). The van der Waals surface area contributed by atoms with Crippen molar-refractivity contribution in [1.29, 1.82) is 0 Å². The predicted molar refractivity (Wildman–Crippen MR) is 73.5 cm³/mol. The third-order valence-corrected chi connectivity index (χ3v) is 2.47. The van der Waals surface area contributed by atoms with Crippen LogP contribution in [0.4, 0.5) is 11.4 Å². The molecule has 0 saturated heterocycles. The highest BCUT2D eigenvalue weighted by Gasteiger charge is 2.03. The third kappa shape index (κ3) is 5.48. The van der Waals surface area contributed by atoms with Crippen molar-refractivity contribution < 1.29 is 9.59 Å². The number of carbonyl (C=O) groups is 2. The Hall–Kier alpha value is -1.84. The minimum absolute atomic E-state index is 0.0171. The van der Waals surface area contributed by atoms with Gasteiger partial charge in [0, 0.05) is 24.7 Å². The lowest BCUT2D eigenvalue weighted by atomic mass is 10.2. The summed E-state index contributed by atoms with van der Waals surface area (Å²) in [6.07, 6.45) is 3.62. The summed E-state index contributed by atoms with van der Waals surface area (Å²) >= 11 is 0. The molecule has 0 unspecified atom stereocenters. The van der Waals surface area contributed by atoms with E-state index < -0.39 is 0 Å². The third-order valence-electron chi connectivity index (χ3n) is 2.47. The summed E-state index contributed by atoms with van der Waals surface area (Å²) in [5.41, 5.74) is 1.40. The molecule has 98 valence electrons. The number of anilines is 2. The lowest BCUT2D eigenvalue weighted by Crippen LogP contribution is -2.11. The van der Waals surface area contributed by atoms with Gasteiger partial charge in [-0.25, -0.2) is 0 Å². The van der Waals surface area contributed by atoms with Crippen LogP contribution < -0.4 is 10.6 Å². The molecule has 0 atom stereocenters. The Labute approximate surface area is 108 Å². The zero-order chi connectivity index (χ0) is 13.4.